The molecule has 5 nitrogen and oxygen atoms in total. The predicted octanol–water partition coefficient (Wildman–Crippen LogP) is 3.28. The number of ether oxygens (including phenoxy) is 2. The maximum Gasteiger partial charge on any atom is 0.145 e. The fourth-order valence-electron chi connectivity index (χ4n) is 3.68. The number of nitrogens with zero attached hydrogens (tertiary/aromatic N) is 2. The normalized spacial score (nSPS) is 16.6. The SMILES string of the molecule is O=CCOCCOCCN1CCN(C(c2ccccc2)c2ccc(Cl)cc2)CC1. The number of piperazine rings is 1. The van der Waals surface area contributed by atoms with Gasteiger partial charge in [0.2, 0.25) is 0 Å². The molecule has 6 heteroatoms. The van der Waals surface area contributed by atoms with Gasteiger partial charge in [0.25, 0.3) is 0 Å². The smallest absolute Gasteiger partial charge is 0.145 e. The van der Waals surface area contributed by atoms with Gasteiger partial charge in [-0.2, -0.15) is 0 Å². The van der Waals surface area contributed by atoms with E-state index in [2.05, 4.69) is 52.3 Å². The van der Waals surface area contributed by atoms with E-state index in [1.807, 2.05) is 12.1 Å². The van der Waals surface area contributed by atoms with Crippen LogP contribution in [-0.4, -0.2) is 75.2 Å². The van der Waals surface area contributed by atoms with Crippen molar-refractivity contribution in [1.82, 2.24) is 9.80 Å². The summed E-state index contributed by atoms with van der Waals surface area (Å²) < 4.78 is 10.7. The highest BCUT2D eigenvalue weighted by Gasteiger charge is 2.26. The van der Waals surface area contributed by atoms with Crippen LogP contribution < -0.4 is 0 Å². The van der Waals surface area contributed by atoms with E-state index in [1.54, 1.807) is 0 Å². The second-order valence-corrected chi connectivity index (χ2v) is 7.53. The van der Waals surface area contributed by atoms with Gasteiger partial charge in [-0.25, -0.2) is 0 Å². The number of carbonyl (C=O) groups is 1. The van der Waals surface area contributed by atoms with Gasteiger partial charge in [-0.3, -0.25) is 9.80 Å². The fraction of sp³-hybridized carbons (Fsp3) is 0.435. The van der Waals surface area contributed by atoms with Gasteiger partial charge in [-0.1, -0.05) is 54.1 Å². The van der Waals surface area contributed by atoms with Crippen molar-refractivity contribution in [3.63, 3.8) is 0 Å². The lowest BCUT2D eigenvalue weighted by atomic mass is 9.96. The summed E-state index contributed by atoms with van der Waals surface area (Å²) in [5.74, 6) is 0. The first-order valence-corrected chi connectivity index (χ1v) is 10.5. The molecule has 29 heavy (non-hydrogen) atoms. The summed E-state index contributed by atoms with van der Waals surface area (Å²) in [5, 5.41) is 0.766. The van der Waals surface area contributed by atoms with Crippen LogP contribution in [0.2, 0.25) is 5.02 Å². The van der Waals surface area contributed by atoms with Crippen LogP contribution >= 0.6 is 11.6 Å². The highest BCUT2D eigenvalue weighted by atomic mass is 35.5. The maximum absolute atomic E-state index is 10.2. The molecule has 1 unspecified atom stereocenters. The standard InChI is InChI=1S/C23H29ClN2O3/c24-22-8-6-21(7-9-22)23(20-4-2-1-3-5-20)26-12-10-25(11-13-26)14-16-28-18-19-29-17-15-27/h1-9,15,23H,10-14,16-19H2. The van der Waals surface area contributed by atoms with Crippen LogP contribution in [0.4, 0.5) is 0 Å². The van der Waals surface area contributed by atoms with Crippen molar-refractivity contribution in [3.05, 3.63) is 70.7 Å². The third kappa shape index (κ3) is 6.91. The zero-order valence-electron chi connectivity index (χ0n) is 16.7. The molecule has 0 saturated carbocycles. The molecular weight excluding hydrogens is 388 g/mol. The van der Waals surface area contributed by atoms with Crippen molar-refractivity contribution in [3.8, 4) is 0 Å². The topological polar surface area (TPSA) is 42.0 Å². The van der Waals surface area contributed by atoms with Gasteiger partial charge in [0.05, 0.1) is 25.9 Å². The third-order valence-corrected chi connectivity index (χ3v) is 5.43. The summed E-state index contributed by atoms with van der Waals surface area (Å²) in [6.07, 6.45) is 0.756. The number of rotatable bonds is 11. The van der Waals surface area contributed by atoms with E-state index in [-0.39, 0.29) is 12.6 Å². The van der Waals surface area contributed by atoms with Crippen molar-refractivity contribution in [2.24, 2.45) is 0 Å². The summed E-state index contributed by atoms with van der Waals surface area (Å²) in [6.45, 7) is 6.77. The minimum absolute atomic E-state index is 0.140. The van der Waals surface area contributed by atoms with E-state index in [1.165, 1.54) is 11.1 Å². The molecule has 1 aliphatic heterocycles. The Morgan fingerprint density at radius 3 is 2.21 bits per heavy atom. The lowest BCUT2D eigenvalue weighted by molar-refractivity contribution is -0.112. The van der Waals surface area contributed by atoms with Crippen LogP contribution in [0.5, 0.6) is 0 Å². The average molecular weight is 417 g/mol. The Kier molecular flexibility index (Phi) is 9.12. The average Bonchev–Trinajstić information content (AvgIpc) is 2.76. The summed E-state index contributed by atoms with van der Waals surface area (Å²) >= 11 is 6.11. The molecule has 0 aliphatic carbocycles. The predicted molar refractivity (Wildman–Crippen MR) is 115 cm³/mol. The van der Waals surface area contributed by atoms with Crippen molar-refractivity contribution >= 4 is 17.9 Å². The summed E-state index contributed by atoms with van der Waals surface area (Å²) in [5.41, 5.74) is 2.58. The number of hydrogen-bond donors (Lipinski definition) is 0. The molecular formula is C23H29ClN2O3. The number of hydrogen-bond acceptors (Lipinski definition) is 5. The van der Waals surface area contributed by atoms with E-state index < -0.39 is 0 Å². The monoisotopic (exact) mass is 416 g/mol. The molecule has 1 heterocycles. The highest BCUT2D eigenvalue weighted by molar-refractivity contribution is 6.30. The molecule has 0 bridgehead atoms. The lowest BCUT2D eigenvalue weighted by Gasteiger charge is -2.39. The minimum Gasteiger partial charge on any atom is -0.378 e. The molecule has 1 aliphatic rings. The van der Waals surface area contributed by atoms with Gasteiger partial charge >= 0.3 is 0 Å². The fourth-order valence-corrected chi connectivity index (χ4v) is 3.81. The zero-order valence-corrected chi connectivity index (χ0v) is 17.5. The molecule has 156 valence electrons. The van der Waals surface area contributed by atoms with Crippen LogP contribution in [0.15, 0.2) is 54.6 Å². The van der Waals surface area contributed by atoms with Gasteiger partial charge in [-0.15, -0.1) is 0 Å². The van der Waals surface area contributed by atoms with E-state index in [0.717, 1.165) is 44.0 Å². The molecule has 0 N–H and O–H groups in total. The van der Waals surface area contributed by atoms with Crippen LogP contribution in [-0.2, 0) is 14.3 Å². The summed E-state index contributed by atoms with van der Waals surface area (Å²) in [7, 11) is 0. The van der Waals surface area contributed by atoms with Crippen LogP contribution in [0.25, 0.3) is 0 Å². The Labute approximate surface area is 178 Å². The molecule has 1 fully saturated rings. The molecule has 3 rings (SSSR count). The Morgan fingerprint density at radius 1 is 0.862 bits per heavy atom. The van der Waals surface area contributed by atoms with Gasteiger partial charge < -0.3 is 14.3 Å². The van der Waals surface area contributed by atoms with E-state index in [9.17, 15) is 4.79 Å². The number of benzene rings is 2. The van der Waals surface area contributed by atoms with Crippen molar-refractivity contribution in [2.75, 3.05) is 59.2 Å². The molecule has 1 saturated heterocycles. The molecule has 0 amide bonds. The van der Waals surface area contributed by atoms with Gasteiger partial charge in [0, 0.05) is 37.7 Å². The van der Waals surface area contributed by atoms with E-state index in [4.69, 9.17) is 21.1 Å². The lowest BCUT2D eigenvalue weighted by Crippen LogP contribution is -2.48. The molecule has 0 radical (unpaired) electrons. The Morgan fingerprint density at radius 2 is 1.52 bits per heavy atom. The first-order valence-electron chi connectivity index (χ1n) is 10.1. The molecule has 0 aromatic heterocycles. The summed E-state index contributed by atoms with van der Waals surface area (Å²) in [4.78, 5) is 15.2. The third-order valence-electron chi connectivity index (χ3n) is 5.18. The van der Waals surface area contributed by atoms with Crippen LogP contribution in [0.3, 0.4) is 0 Å². The van der Waals surface area contributed by atoms with Crippen LogP contribution in [0.1, 0.15) is 17.2 Å². The van der Waals surface area contributed by atoms with E-state index in [0.29, 0.717) is 19.8 Å². The quantitative estimate of drug-likeness (QED) is 0.415. The summed E-state index contributed by atoms with van der Waals surface area (Å²) in [6, 6.07) is 19.1. The molecule has 0 spiro atoms. The molecule has 1 atom stereocenters. The maximum atomic E-state index is 10.2. The second-order valence-electron chi connectivity index (χ2n) is 7.10. The highest BCUT2D eigenvalue weighted by Crippen LogP contribution is 2.30. The van der Waals surface area contributed by atoms with Crippen molar-refractivity contribution < 1.29 is 14.3 Å². The number of halogens is 1. The van der Waals surface area contributed by atoms with Gasteiger partial charge in [-0.05, 0) is 23.3 Å². The molecule has 2 aromatic carbocycles. The number of carbonyl (C=O) groups excluding carboxylic acids is 1. The van der Waals surface area contributed by atoms with Crippen LogP contribution in [0, 0.1) is 0 Å². The van der Waals surface area contributed by atoms with Crippen molar-refractivity contribution in [2.45, 2.75) is 6.04 Å². The second kappa shape index (κ2) is 12.1. The number of aldehydes is 1. The first-order chi connectivity index (χ1) is 14.3. The first kappa shape index (κ1) is 21.9. The zero-order chi connectivity index (χ0) is 20.3. The van der Waals surface area contributed by atoms with Gasteiger partial charge in [0.15, 0.2) is 0 Å². The molecule has 2 aromatic rings. The van der Waals surface area contributed by atoms with Gasteiger partial charge in [0.1, 0.15) is 12.9 Å². The Balaban J connectivity index is 1.51. The Bertz CT molecular complexity index is 719. The Hall–Kier alpha value is -1.76. The van der Waals surface area contributed by atoms with Crippen molar-refractivity contribution in [1.29, 1.82) is 0 Å². The van der Waals surface area contributed by atoms with E-state index >= 15 is 0 Å². The minimum atomic E-state index is 0.140. The largest absolute Gasteiger partial charge is 0.378 e.